The molecular formula is C20H35NO4SSi. The molecule has 2 N–H and O–H groups in total. The number of carboxylic acid groups (broad SMARTS) is 1. The maximum absolute atomic E-state index is 12.7. The van der Waals surface area contributed by atoms with Crippen LogP contribution in [0.2, 0.25) is 18.1 Å². The molecular weight excluding hydrogens is 378 g/mol. The van der Waals surface area contributed by atoms with Gasteiger partial charge in [-0.3, -0.25) is 4.79 Å². The minimum absolute atomic E-state index is 0.00718. The third-order valence-electron chi connectivity index (χ3n) is 4.96. The van der Waals surface area contributed by atoms with Crippen molar-refractivity contribution in [3.63, 3.8) is 0 Å². The van der Waals surface area contributed by atoms with Crippen molar-refractivity contribution >= 4 is 25.6 Å². The Bertz CT molecular complexity index is 620. The average molecular weight is 414 g/mol. The molecule has 0 radical (unpaired) electrons. The van der Waals surface area contributed by atoms with Crippen LogP contribution in [-0.4, -0.2) is 35.3 Å². The SMILES string of the molecule is CC(C)(C)[S@+]([O-])NC(CO[Si](C)(C)C(C)(C)C)c1ccc(CC(=O)O)cc1. The summed E-state index contributed by atoms with van der Waals surface area (Å²) >= 11 is -1.24. The zero-order valence-electron chi connectivity index (χ0n) is 17.9. The van der Waals surface area contributed by atoms with Gasteiger partial charge in [0.1, 0.15) is 4.75 Å². The lowest BCUT2D eigenvalue weighted by Gasteiger charge is -2.37. The highest BCUT2D eigenvalue weighted by molar-refractivity contribution is 7.90. The predicted octanol–water partition coefficient (Wildman–Crippen LogP) is 4.43. The van der Waals surface area contributed by atoms with E-state index in [2.05, 4.69) is 38.6 Å². The summed E-state index contributed by atoms with van der Waals surface area (Å²) in [6.07, 6.45) is -0.00718. The van der Waals surface area contributed by atoms with Gasteiger partial charge in [-0.25, -0.2) is 0 Å². The van der Waals surface area contributed by atoms with E-state index in [0.29, 0.717) is 6.61 Å². The maximum atomic E-state index is 12.7. The fourth-order valence-corrected chi connectivity index (χ4v) is 3.89. The van der Waals surface area contributed by atoms with Crippen molar-refractivity contribution in [3.05, 3.63) is 35.4 Å². The van der Waals surface area contributed by atoms with Gasteiger partial charge in [0.25, 0.3) is 0 Å². The zero-order chi connectivity index (χ0) is 21.0. The van der Waals surface area contributed by atoms with Crippen molar-refractivity contribution < 1.29 is 18.9 Å². The Morgan fingerprint density at radius 1 is 1.19 bits per heavy atom. The number of hydrogen-bond donors (Lipinski definition) is 2. The maximum Gasteiger partial charge on any atom is 0.307 e. The van der Waals surface area contributed by atoms with Gasteiger partial charge in [-0.05, 0) is 50.0 Å². The van der Waals surface area contributed by atoms with Gasteiger partial charge in [0, 0.05) is 11.4 Å². The van der Waals surface area contributed by atoms with E-state index in [1.807, 2.05) is 45.0 Å². The molecule has 27 heavy (non-hydrogen) atoms. The second kappa shape index (κ2) is 9.09. The van der Waals surface area contributed by atoms with Crippen LogP contribution in [0.4, 0.5) is 0 Å². The Morgan fingerprint density at radius 2 is 1.70 bits per heavy atom. The molecule has 0 bridgehead atoms. The Kier molecular flexibility index (Phi) is 8.14. The van der Waals surface area contributed by atoms with E-state index in [1.54, 1.807) is 0 Å². The van der Waals surface area contributed by atoms with Crippen molar-refractivity contribution in [2.75, 3.05) is 6.61 Å². The van der Waals surface area contributed by atoms with Crippen LogP contribution in [0.1, 0.15) is 58.7 Å². The third kappa shape index (κ3) is 7.58. The average Bonchev–Trinajstić information content (AvgIpc) is 2.49. The number of benzene rings is 1. The smallest absolute Gasteiger partial charge is 0.307 e. The molecule has 0 saturated carbocycles. The van der Waals surface area contributed by atoms with Crippen molar-refractivity contribution in [2.24, 2.45) is 0 Å². The van der Waals surface area contributed by atoms with Crippen LogP contribution in [0, 0.1) is 0 Å². The van der Waals surface area contributed by atoms with Crippen LogP contribution in [-0.2, 0) is 27.0 Å². The fraction of sp³-hybridized carbons (Fsp3) is 0.650. The number of rotatable bonds is 8. The summed E-state index contributed by atoms with van der Waals surface area (Å²) in [6, 6.07) is 7.18. The lowest BCUT2D eigenvalue weighted by atomic mass is 10.0. The summed E-state index contributed by atoms with van der Waals surface area (Å²) in [5, 5.41) is 9.03. The van der Waals surface area contributed by atoms with E-state index < -0.39 is 30.4 Å². The molecule has 0 aliphatic rings. The monoisotopic (exact) mass is 413 g/mol. The van der Waals surface area contributed by atoms with Crippen LogP contribution in [0.3, 0.4) is 0 Å². The first-order chi connectivity index (χ1) is 12.1. The van der Waals surface area contributed by atoms with Crippen molar-refractivity contribution in [3.8, 4) is 0 Å². The van der Waals surface area contributed by atoms with Gasteiger partial charge in [-0.1, -0.05) is 45.0 Å². The molecule has 0 amide bonds. The van der Waals surface area contributed by atoms with Gasteiger partial charge < -0.3 is 14.1 Å². The van der Waals surface area contributed by atoms with E-state index in [9.17, 15) is 9.35 Å². The molecule has 154 valence electrons. The topological polar surface area (TPSA) is 81.6 Å². The zero-order valence-corrected chi connectivity index (χ0v) is 19.7. The van der Waals surface area contributed by atoms with E-state index in [0.717, 1.165) is 11.1 Å². The van der Waals surface area contributed by atoms with E-state index >= 15 is 0 Å². The van der Waals surface area contributed by atoms with E-state index in [1.165, 1.54) is 0 Å². The Labute approximate surface area is 168 Å². The first-order valence-electron chi connectivity index (χ1n) is 9.26. The summed E-state index contributed by atoms with van der Waals surface area (Å²) in [5.41, 5.74) is 1.69. The van der Waals surface area contributed by atoms with Gasteiger partial charge in [-0.2, -0.15) is 0 Å². The Morgan fingerprint density at radius 3 is 2.11 bits per heavy atom. The summed E-state index contributed by atoms with van der Waals surface area (Å²) in [5.74, 6) is -0.854. The largest absolute Gasteiger partial charge is 0.598 e. The first kappa shape index (κ1) is 24.2. The molecule has 0 spiro atoms. The van der Waals surface area contributed by atoms with Crippen LogP contribution in [0.25, 0.3) is 0 Å². The summed E-state index contributed by atoms with van der Waals surface area (Å²) in [4.78, 5) is 10.9. The number of nitrogens with one attached hydrogen (secondary N) is 1. The highest BCUT2D eigenvalue weighted by Gasteiger charge is 2.38. The molecule has 1 aromatic rings. The second-order valence-electron chi connectivity index (χ2n) is 9.43. The lowest BCUT2D eigenvalue weighted by Crippen LogP contribution is -2.46. The number of carbonyl (C=O) groups is 1. The van der Waals surface area contributed by atoms with Crippen LogP contribution in [0.15, 0.2) is 24.3 Å². The highest BCUT2D eigenvalue weighted by Crippen LogP contribution is 2.37. The fourth-order valence-electron chi connectivity index (χ4n) is 2.05. The number of hydrogen-bond acceptors (Lipinski definition) is 4. The van der Waals surface area contributed by atoms with Crippen LogP contribution < -0.4 is 4.72 Å². The molecule has 5 nitrogen and oxygen atoms in total. The highest BCUT2D eigenvalue weighted by atomic mass is 32.2. The lowest BCUT2D eigenvalue weighted by molar-refractivity contribution is -0.136. The molecule has 2 atom stereocenters. The van der Waals surface area contributed by atoms with Gasteiger partial charge in [-0.15, -0.1) is 4.72 Å². The standard InChI is InChI=1S/C20H35NO4SSi/c1-19(2,3)26(24)21-17(14-25-27(7,8)20(4,5)6)16-11-9-15(10-12-16)13-18(22)23/h9-12,17,21H,13-14H2,1-8H3,(H,22,23)/t17?,26-/m0/s1. The molecule has 0 aromatic heterocycles. The quantitative estimate of drug-likeness (QED) is 0.487. The van der Waals surface area contributed by atoms with E-state index in [-0.39, 0.29) is 17.5 Å². The molecule has 0 aliphatic heterocycles. The third-order valence-corrected chi connectivity index (χ3v) is 11.1. The molecule has 0 saturated heterocycles. The molecule has 1 aromatic carbocycles. The molecule has 1 rings (SSSR count). The minimum Gasteiger partial charge on any atom is -0.598 e. The molecule has 0 heterocycles. The molecule has 7 heteroatoms. The minimum atomic E-state index is -1.95. The Balaban J connectivity index is 3.02. The number of aliphatic carboxylic acids is 1. The summed E-state index contributed by atoms with van der Waals surface area (Å²) in [6.45, 7) is 17.2. The van der Waals surface area contributed by atoms with Crippen LogP contribution in [0.5, 0.6) is 0 Å². The van der Waals surface area contributed by atoms with Crippen molar-refractivity contribution in [1.29, 1.82) is 0 Å². The number of carboxylic acids is 1. The summed E-state index contributed by atoms with van der Waals surface area (Å²) in [7, 11) is -1.95. The molecule has 0 fully saturated rings. The Hall–Kier alpha value is -0.863. The molecule has 0 aliphatic carbocycles. The summed E-state index contributed by atoms with van der Waals surface area (Å²) < 4.78 is 21.8. The van der Waals surface area contributed by atoms with Crippen LogP contribution >= 0.6 is 0 Å². The predicted molar refractivity (Wildman–Crippen MR) is 115 cm³/mol. The first-order valence-corrected chi connectivity index (χ1v) is 13.3. The second-order valence-corrected chi connectivity index (χ2v) is 16.2. The normalized spacial score (nSPS) is 15.4. The van der Waals surface area contributed by atoms with Gasteiger partial charge in [0.2, 0.25) is 0 Å². The van der Waals surface area contributed by atoms with Crippen molar-refractivity contribution in [1.82, 2.24) is 4.72 Å². The van der Waals surface area contributed by atoms with Gasteiger partial charge in [0.15, 0.2) is 8.32 Å². The molecule has 1 unspecified atom stereocenters. The van der Waals surface area contributed by atoms with E-state index in [4.69, 9.17) is 9.53 Å². The van der Waals surface area contributed by atoms with Gasteiger partial charge >= 0.3 is 5.97 Å². The van der Waals surface area contributed by atoms with Crippen molar-refractivity contribution in [2.45, 2.75) is 76.9 Å². The van der Waals surface area contributed by atoms with Gasteiger partial charge in [0.05, 0.1) is 19.1 Å².